The van der Waals surface area contributed by atoms with Crippen LogP contribution in [0.4, 0.5) is 0 Å². The van der Waals surface area contributed by atoms with Gasteiger partial charge in [0.05, 0.1) is 41.0 Å². The van der Waals surface area contributed by atoms with Crippen LogP contribution < -0.4 is 0 Å². The van der Waals surface area contributed by atoms with E-state index in [9.17, 15) is 9.59 Å². The van der Waals surface area contributed by atoms with E-state index in [2.05, 4.69) is 20.9 Å². The van der Waals surface area contributed by atoms with E-state index < -0.39 is 5.97 Å². The van der Waals surface area contributed by atoms with Crippen LogP contribution in [0.1, 0.15) is 30.3 Å². The SMILES string of the molecule is CC(=O)OC1=C(c2nc(-c3ccc(Br)cn3)sc2C)C(=O)[C@H]2[C@@H]1[C@H]1CC[C@@H]2O1. The average molecular weight is 461 g/mol. The highest BCUT2D eigenvalue weighted by atomic mass is 79.9. The number of fused-ring (bicyclic) bond motifs is 5. The van der Waals surface area contributed by atoms with Crippen molar-refractivity contribution in [3.63, 3.8) is 0 Å². The maximum Gasteiger partial charge on any atom is 0.307 e. The zero-order chi connectivity index (χ0) is 19.6. The summed E-state index contributed by atoms with van der Waals surface area (Å²) in [6, 6.07) is 3.79. The van der Waals surface area contributed by atoms with E-state index in [1.165, 1.54) is 18.3 Å². The fourth-order valence-corrected chi connectivity index (χ4v) is 5.68. The van der Waals surface area contributed by atoms with Crippen molar-refractivity contribution >= 4 is 44.6 Å². The maximum absolute atomic E-state index is 13.3. The molecule has 144 valence electrons. The molecule has 2 aromatic heterocycles. The summed E-state index contributed by atoms with van der Waals surface area (Å²) >= 11 is 4.86. The van der Waals surface area contributed by atoms with Crippen molar-refractivity contribution in [3.05, 3.63) is 39.1 Å². The molecule has 28 heavy (non-hydrogen) atoms. The van der Waals surface area contributed by atoms with Gasteiger partial charge in [-0.1, -0.05) is 0 Å². The van der Waals surface area contributed by atoms with Crippen molar-refractivity contribution in [3.8, 4) is 10.7 Å². The number of carbonyl (C=O) groups is 2. The Hall–Kier alpha value is -1.90. The van der Waals surface area contributed by atoms with Crippen molar-refractivity contribution in [2.24, 2.45) is 11.8 Å². The number of Topliss-reactive ketones (excluding diaryl/α,β-unsaturated/α-hetero) is 1. The third-order valence-corrected chi connectivity index (χ3v) is 7.07. The number of allylic oxidation sites excluding steroid dienone is 1. The van der Waals surface area contributed by atoms with Crippen LogP contribution in [0.5, 0.6) is 0 Å². The van der Waals surface area contributed by atoms with Crippen LogP contribution in [0, 0.1) is 18.8 Å². The van der Waals surface area contributed by atoms with Crippen LogP contribution in [0.25, 0.3) is 16.3 Å². The third kappa shape index (κ3) is 2.69. The van der Waals surface area contributed by atoms with E-state index in [4.69, 9.17) is 14.5 Å². The molecule has 2 saturated heterocycles. The zero-order valence-corrected chi connectivity index (χ0v) is 17.7. The molecule has 4 heterocycles. The quantitative estimate of drug-likeness (QED) is 0.645. The molecule has 6 nitrogen and oxygen atoms in total. The van der Waals surface area contributed by atoms with Gasteiger partial charge in [0.15, 0.2) is 5.78 Å². The molecule has 2 aliphatic heterocycles. The van der Waals surface area contributed by atoms with E-state index in [1.54, 1.807) is 6.20 Å². The number of hydrogen-bond donors (Lipinski definition) is 0. The Labute approximate surface area is 174 Å². The van der Waals surface area contributed by atoms with Crippen molar-refractivity contribution in [1.82, 2.24) is 9.97 Å². The normalized spacial score (nSPS) is 28.2. The Balaban J connectivity index is 1.62. The Morgan fingerprint density at radius 1 is 1.29 bits per heavy atom. The molecular formula is C20H17BrN2O4S. The number of esters is 1. The lowest BCUT2D eigenvalue weighted by Crippen LogP contribution is -2.29. The maximum atomic E-state index is 13.3. The van der Waals surface area contributed by atoms with Crippen molar-refractivity contribution in [2.75, 3.05) is 0 Å². The average Bonchev–Trinajstić information content (AvgIpc) is 3.39. The summed E-state index contributed by atoms with van der Waals surface area (Å²) in [7, 11) is 0. The Bertz CT molecular complexity index is 1030. The molecule has 0 amide bonds. The van der Waals surface area contributed by atoms with Crippen molar-refractivity contribution in [2.45, 2.75) is 38.9 Å². The number of halogens is 1. The van der Waals surface area contributed by atoms with Gasteiger partial charge in [0.1, 0.15) is 10.8 Å². The number of rotatable bonds is 3. The number of thiazole rings is 1. The van der Waals surface area contributed by atoms with Gasteiger partial charge < -0.3 is 9.47 Å². The molecule has 0 spiro atoms. The summed E-state index contributed by atoms with van der Waals surface area (Å²) in [5.74, 6) is -0.444. The Morgan fingerprint density at radius 3 is 2.71 bits per heavy atom. The molecule has 4 atom stereocenters. The summed E-state index contributed by atoms with van der Waals surface area (Å²) < 4.78 is 12.4. The van der Waals surface area contributed by atoms with Gasteiger partial charge in [-0.2, -0.15) is 0 Å². The molecule has 0 unspecified atom stereocenters. The highest BCUT2D eigenvalue weighted by Gasteiger charge is 2.60. The van der Waals surface area contributed by atoms with E-state index in [1.807, 2.05) is 19.1 Å². The second-order valence-corrected chi connectivity index (χ2v) is 9.44. The number of nitrogens with zero attached hydrogens (tertiary/aromatic N) is 2. The summed E-state index contributed by atoms with van der Waals surface area (Å²) in [6.07, 6.45) is 3.34. The highest BCUT2D eigenvalue weighted by Crippen LogP contribution is 2.55. The summed E-state index contributed by atoms with van der Waals surface area (Å²) in [5.41, 5.74) is 1.79. The van der Waals surface area contributed by atoms with Crippen LogP contribution in [0.15, 0.2) is 28.6 Å². The van der Waals surface area contributed by atoms with E-state index in [0.29, 0.717) is 17.0 Å². The smallest absolute Gasteiger partial charge is 0.307 e. The third-order valence-electron chi connectivity index (χ3n) is 5.61. The molecule has 8 heteroatoms. The molecule has 0 radical (unpaired) electrons. The lowest BCUT2D eigenvalue weighted by molar-refractivity contribution is -0.138. The largest absolute Gasteiger partial charge is 0.430 e. The molecule has 5 rings (SSSR count). The molecule has 2 fully saturated rings. The predicted molar refractivity (Wildman–Crippen MR) is 106 cm³/mol. The number of hydrogen-bond acceptors (Lipinski definition) is 7. The second-order valence-electron chi connectivity index (χ2n) is 7.32. The molecule has 0 N–H and O–H groups in total. The molecule has 0 aromatic carbocycles. The first-order valence-electron chi connectivity index (χ1n) is 9.16. The number of ether oxygens (including phenoxy) is 2. The van der Waals surface area contributed by atoms with Gasteiger partial charge >= 0.3 is 5.97 Å². The van der Waals surface area contributed by atoms with Gasteiger partial charge in [0.25, 0.3) is 0 Å². The van der Waals surface area contributed by atoms with E-state index in [-0.39, 0.29) is 29.8 Å². The van der Waals surface area contributed by atoms with Crippen LogP contribution in [0.2, 0.25) is 0 Å². The molecular weight excluding hydrogens is 444 g/mol. The monoisotopic (exact) mass is 460 g/mol. The first kappa shape index (κ1) is 18.1. The minimum Gasteiger partial charge on any atom is -0.430 e. The minimum atomic E-state index is -0.425. The molecule has 1 aliphatic carbocycles. The van der Waals surface area contributed by atoms with Gasteiger partial charge in [-0.3, -0.25) is 14.6 Å². The number of ketones is 1. The summed E-state index contributed by atoms with van der Waals surface area (Å²) in [6.45, 7) is 3.29. The van der Waals surface area contributed by atoms with Crippen LogP contribution in [0.3, 0.4) is 0 Å². The molecule has 0 saturated carbocycles. The van der Waals surface area contributed by atoms with Gasteiger partial charge in [-0.15, -0.1) is 11.3 Å². The van der Waals surface area contributed by atoms with Gasteiger partial charge in [0, 0.05) is 22.5 Å². The predicted octanol–water partition coefficient (Wildman–Crippen LogP) is 3.93. The summed E-state index contributed by atoms with van der Waals surface area (Å²) in [5, 5.41) is 0.735. The molecule has 2 aromatic rings. The molecule has 3 aliphatic rings. The van der Waals surface area contributed by atoms with Gasteiger partial charge in [-0.25, -0.2) is 4.98 Å². The Morgan fingerprint density at radius 2 is 2.04 bits per heavy atom. The van der Waals surface area contributed by atoms with Crippen LogP contribution >= 0.6 is 27.3 Å². The topological polar surface area (TPSA) is 78.4 Å². The van der Waals surface area contributed by atoms with E-state index in [0.717, 1.165) is 32.9 Å². The number of aryl methyl sites for hydroxylation is 1. The first-order chi connectivity index (χ1) is 13.4. The number of carbonyl (C=O) groups excluding carboxylic acids is 2. The standard InChI is InChI=1S/C20H17BrN2O4S/c1-8-17(23-20(28-8)11-4-3-10(21)7-22-11)16-18(25)14-12-5-6-13(27-12)15(14)19(16)26-9(2)24/h3-4,7,12-15H,5-6H2,1-2H3/t12-,13+,14+,15-/m0/s1. The van der Waals surface area contributed by atoms with Gasteiger partial charge in [0.2, 0.25) is 0 Å². The van der Waals surface area contributed by atoms with Crippen LogP contribution in [-0.4, -0.2) is 33.9 Å². The molecule has 2 bridgehead atoms. The van der Waals surface area contributed by atoms with E-state index >= 15 is 0 Å². The zero-order valence-electron chi connectivity index (χ0n) is 15.3. The fraction of sp³-hybridized carbons (Fsp3) is 0.400. The summed E-state index contributed by atoms with van der Waals surface area (Å²) in [4.78, 5) is 35.1. The fourth-order valence-electron chi connectivity index (χ4n) is 4.55. The van der Waals surface area contributed by atoms with Crippen LogP contribution in [-0.2, 0) is 19.1 Å². The lowest BCUT2D eigenvalue weighted by atomic mass is 9.80. The number of pyridine rings is 1. The van der Waals surface area contributed by atoms with Crippen molar-refractivity contribution < 1.29 is 19.1 Å². The minimum absolute atomic E-state index is 0.0165. The lowest BCUT2D eigenvalue weighted by Gasteiger charge is -2.21. The van der Waals surface area contributed by atoms with Gasteiger partial charge in [-0.05, 0) is 47.8 Å². The first-order valence-corrected chi connectivity index (χ1v) is 10.8. The Kier molecular flexibility index (Phi) is 4.26. The number of aromatic nitrogens is 2. The highest BCUT2D eigenvalue weighted by molar-refractivity contribution is 9.10. The second kappa shape index (κ2) is 6.57. The van der Waals surface area contributed by atoms with Crippen molar-refractivity contribution in [1.29, 1.82) is 0 Å².